The Morgan fingerprint density at radius 2 is 2.23 bits per heavy atom. The zero-order valence-corrected chi connectivity index (χ0v) is 13.5. The number of amides is 1. The number of aromatic nitrogens is 1. The minimum Gasteiger partial charge on any atom is -0.444 e. The topological polar surface area (TPSA) is 62.7 Å². The fourth-order valence-electron chi connectivity index (χ4n) is 2.37. The van der Waals surface area contributed by atoms with E-state index in [2.05, 4.69) is 11.1 Å². The average molecular weight is 304 g/mol. The molecule has 0 aliphatic carbocycles. The van der Waals surface area contributed by atoms with Gasteiger partial charge in [-0.25, -0.2) is 4.79 Å². The predicted octanol–water partition coefficient (Wildman–Crippen LogP) is 2.85. The standard InChI is InChI=1S/C17H24N2O3/c1-17(2,3)22-16(21)19-8-7-15(19)14-10-13(11-18-12-14)6-4-5-9-20/h4-5,10-12,15,20H,6-9H2,1-3H3. The van der Waals surface area contributed by atoms with E-state index in [1.165, 1.54) is 0 Å². The van der Waals surface area contributed by atoms with Crippen molar-refractivity contribution in [2.45, 2.75) is 45.3 Å². The molecule has 5 nitrogen and oxygen atoms in total. The summed E-state index contributed by atoms with van der Waals surface area (Å²) in [7, 11) is 0. The van der Waals surface area contributed by atoms with E-state index in [1.807, 2.05) is 33.0 Å². The van der Waals surface area contributed by atoms with Gasteiger partial charge in [0.05, 0.1) is 12.6 Å². The summed E-state index contributed by atoms with van der Waals surface area (Å²) in [5.74, 6) is 0. The molecule has 1 aliphatic heterocycles. The molecule has 1 aromatic heterocycles. The van der Waals surface area contributed by atoms with Gasteiger partial charge >= 0.3 is 6.09 Å². The van der Waals surface area contributed by atoms with Crippen LogP contribution in [-0.4, -0.2) is 39.8 Å². The van der Waals surface area contributed by atoms with Crippen LogP contribution in [0.25, 0.3) is 0 Å². The lowest BCUT2D eigenvalue weighted by molar-refractivity contribution is -0.00581. The van der Waals surface area contributed by atoms with Gasteiger partial charge in [0.25, 0.3) is 0 Å². The van der Waals surface area contributed by atoms with Crippen molar-refractivity contribution in [2.24, 2.45) is 0 Å². The van der Waals surface area contributed by atoms with Gasteiger partial charge in [0.2, 0.25) is 0 Å². The highest BCUT2D eigenvalue weighted by Crippen LogP contribution is 2.34. The number of carbonyl (C=O) groups excluding carboxylic acids is 1. The lowest BCUT2D eigenvalue weighted by Gasteiger charge is -2.41. The molecular formula is C17H24N2O3. The van der Waals surface area contributed by atoms with E-state index in [0.717, 1.165) is 24.0 Å². The Balaban J connectivity index is 2.04. The van der Waals surface area contributed by atoms with Crippen LogP contribution in [0.5, 0.6) is 0 Å². The Labute approximate surface area is 131 Å². The summed E-state index contributed by atoms with van der Waals surface area (Å²) in [5, 5.41) is 8.76. The minimum absolute atomic E-state index is 0.0438. The molecule has 1 N–H and O–H groups in total. The lowest BCUT2D eigenvalue weighted by atomic mass is 9.95. The quantitative estimate of drug-likeness (QED) is 0.869. The van der Waals surface area contributed by atoms with Crippen molar-refractivity contribution in [1.29, 1.82) is 0 Å². The third kappa shape index (κ3) is 4.31. The average Bonchev–Trinajstić information content (AvgIpc) is 2.36. The fourth-order valence-corrected chi connectivity index (χ4v) is 2.37. The fraction of sp³-hybridized carbons (Fsp3) is 0.529. The number of hydrogen-bond acceptors (Lipinski definition) is 4. The van der Waals surface area contributed by atoms with Crippen molar-refractivity contribution in [3.8, 4) is 0 Å². The molecule has 0 radical (unpaired) electrons. The van der Waals surface area contributed by atoms with E-state index in [9.17, 15) is 4.79 Å². The van der Waals surface area contributed by atoms with Crippen molar-refractivity contribution in [3.63, 3.8) is 0 Å². The smallest absolute Gasteiger partial charge is 0.410 e. The van der Waals surface area contributed by atoms with Crippen LogP contribution in [0.1, 0.15) is 44.4 Å². The molecule has 120 valence electrons. The normalized spacial score (nSPS) is 18.4. The van der Waals surface area contributed by atoms with Gasteiger partial charge < -0.3 is 14.7 Å². The number of likely N-dealkylation sites (tertiary alicyclic amines) is 1. The summed E-state index contributed by atoms with van der Waals surface area (Å²) in [6.45, 7) is 6.37. The summed E-state index contributed by atoms with van der Waals surface area (Å²) in [5.41, 5.74) is 1.62. The summed E-state index contributed by atoms with van der Waals surface area (Å²) < 4.78 is 5.43. The molecule has 1 aliphatic rings. The van der Waals surface area contributed by atoms with Crippen LogP contribution in [0, 0.1) is 0 Å². The van der Waals surface area contributed by atoms with E-state index in [4.69, 9.17) is 9.84 Å². The van der Waals surface area contributed by atoms with Crippen molar-refractivity contribution in [1.82, 2.24) is 9.88 Å². The van der Waals surface area contributed by atoms with Gasteiger partial charge in [-0.1, -0.05) is 18.2 Å². The minimum atomic E-state index is -0.480. The molecule has 0 bridgehead atoms. The highest BCUT2D eigenvalue weighted by Gasteiger charge is 2.36. The summed E-state index contributed by atoms with van der Waals surface area (Å²) >= 11 is 0. The molecule has 1 amide bonds. The molecular weight excluding hydrogens is 280 g/mol. The summed E-state index contributed by atoms with van der Waals surface area (Å²) in [4.78, 5) is 18.2. The van der Waals surface area contributed by atoms with Gasteiger partial charge in [-0.05, 0) is 44.7 Å². The molecule has 1 aromatic rings. The Morgan fingerprint density at radius 1 is 1.45 bits per heavy atom. The molecule has 1 saturated heterocycles. The molecule has 1 fully saturated rings. The SMILES string of the molecule is CC(C)(C)OC(=O)N1CCC1c1cncc(CC=CCO)c1. The second kappa shape index (κ2) is 6.92. The van der Waals surface area contributed by atoms with Crippen molar-refractivity contribution in [3.05, 3.63) is 41.7 Å². The molecule has 2 heterocycles. The Hall–Kier alpha value is -1.88. The number of pyridine rings is 1. The van der Waals surface area contributed by atoms with Crippen LogP contribution in [0.4, 0.5) is 4.79 Å². The number of aliphatic hydroxyl groups excluding tert-OH is 1. The third-order valence-corrected chi connectivity index (χ3v) is 3.47. The Kier molecular flexibility index (Phi) is 5.19. The zero-order chi connectivity index (χ0) is 16.2. The number of rotatable bonds is 4. The summed E-state index contributed by atoms with van der Waals surface area (Å²) in [6.07, 6.45) is 8.62. The summed E-state index contributed by atoms with van der Waals surface area (Å²) in [6, 6.07) is 2.11. The van der Waals surface area contributed by atoms with Crippen molar-refractivity contribution < 1.29 is 14.6 Å². The van der Waals surface area contributed by atoms with E-state index >= 15 is 0 Å². The lowest BCUT2D eigenvalue weighted by Crippen LogP contribution is -2.47. The Morgan fingerprint density at radius 3 is 2.82 bits per heavy atom. The van der Waals surface area contributed by atoms with Gasteiger partial charge in [-0.15, -0.1) is 0 Å². The first-order valence-electron chi connectivity index (χ1n) is 7.60. The maximum absolute atomic E-state index is 12.2. The molecule has 2 rings (SSSR count). The first kappa shape index (κ1) is 16.5. The second-order valence-corrected chi connectivity index (χ2v) is 6.46. The molecule has 0 spiro atoms. The van der Waals surface area contributed by atoms with Crippen molar-refractivity contribution >= 4 is 6.09 Å². The number of allylic oxidation sites excluding steroid dienone is 1. The number of hydrogen-bond donors (Lipinski definition) is 1. The van der Waals surface area contributed by atoms with E-state index in [0.29, 0.717) is 6.54 Å². The monoisotopic (exact) mass is 304 g/mol. The molecule has 1 atom stereocenters. The molecule has 5 heteroatoms. The molecule has 22 heavy (non-hydrogen) atoms. The van der Waals surface area contributed by atoms with Gasteiger partial charge in [-0.3, -0.25) is 4.98 Å². The maximum atomic E-state index is 12.2. The largest absolute Gasteiger partial charge is 0.444 e. The van der Waals surface area contributed by atoms with E-state index in [-0.39, 0.29) is 18.7 Å². The highest BCUT2D eigenvalue weighted by molar-refractivity contribution is 5.70. The van der Waals surface area contributed by atoms with Crippen molar-refractivity contribution in [2.75, 3.05) is 13.2 Å². The molecule has 0 saturated carbocycles. The van der Waals surface area contributed by atoms with Crippen LogP contribution in [-0.2, 0) is 11.2 Å². The highest BCUT2D eigenvalue weighted by atomic mass is 16.6. The third-order valence-electron chi connectivity index (χ3n) is 3.47. The van der Waals surface area contributed by atoms with Crippen LogP contribution < -0.4 is 0 Å². The number of carbonyl (C=O) groups is 1. The van der Waals surface area contributed by atoms with Crippen LogP contribution in [0.2, 0.25) is 0 Å². The Bertz CT molecular complexity index is 549. The van der Waals surface area contributed by atoms with Gasteiger partial charge in [0.15, 0.2) is 0 Å². The first-order valence-corrected chi connectivity index (χ1v) is 7.60. The predicted molar refractivity (Wildman–Crippen MR) is 84.5 cm³/mol. The number of ether oxygens (including phenoxy) is 1. The van der Waals surface area contributed by atoms with Gasteiger partial charge in [-0.2, -0.15) is 0 Å². The van der Waals surface area contributed by atoms with Gasteiger partial charge in [0, 0.05) is 18.9 Å². The first-order chi connectivity index (χ1) is 10.4. The molecule has 0 aromatic carbocycles. The second-order valence-electron chi connectivity index (χ2n) is 6.46. The van der Waals surface area contributed by atoms with Crippen LogP contribution >= 0.6 is 0 Å². The van der Waals surface area contributed by atoms with Gasteiger partial charge in [0.1, 0.15) is 5.60 Å². The van der Waals surface area contributed by atoms with E-state index in [1.54, 1.807) is 17.2 Å². The van der Waals surface area contributed by atoms with Crippen LogP contribution in [0.3, 0.4) is 0 Å². The number of nitrogens with zero attached hydrogens (tertiary/aromatic N) is 2. The zero-order valence-electron chi connectivity index (χ0n) is 13.5. The van der Waals surface area contributed by atoms with Crippen LogP contribution in [0.15, 0.2) is 30.6 Å². The van der Waals surface area contributed by atoms with E-state index < -0.39 is 5.60 Å². The molecule has 1 unspecified atom stereocenters. The number of aliphatic hydroxyl groups is 1. The maximum Gasteiger partial charge on any atom is 0.410 e.